The molecule has 0 spiro atoms. The molecule has 84 valence electrons. The van der Waals surface area contributed by atoms with Crippen molar-refractivity contribution in [2.24, 2.45) is 23.5 Å². The summed E-state index contributed by atoms with van der Waals surface area (Å²) in [7, 11) is 0. The minimum atomic E-state index is 0.876. The van der Waals surface area contributed by atoms with Gasteiger partial charge in [-0.05, 0) is 43.6 Å². The Kier molecular flexibility index (Phi) is 5.54. The van der Waals surface area contributed by atoms with Crippen LogP contribution < -0.4 is 5.73 Å². The molecule has 0 saturated heterocycles. The molecule has 0 bridgehead atoms. The molecule has 0 atom stereocenters. The number of unbranched alkanes of at least 4 members (excludes halogenated alkanes) is 1. The Balaban J connectivity index is 2.09. The van der Waals surface area contributed by atoms with Crippen LogP contribution in [0.5, 0.6) is 0 Å². The van der Waals surface area contributed by atoms with Gasteiger partial charge in [-0.25, -0.2) is 0 Å². The van der Waals surface area contributed by atoms with E-state index in [9.17, 15) is 0 Å². The molecule has 1 saturated carbocycles. The zero-order valence-electron chi connectivity index (χ0n) is 9.97. The van der Waals surface area contributed by atoms with Crippen LogP contribution in [0, 0.1) is 17.8 Å². The smallest absolute Gasteiger partial charge is 0.00773 e. The van der Waals surface area contributed by atoms with Crippen LogP contribution in [0.2, 0.25) is 0 Å². The Bertz CT molecular complexity index is 134. The molecule has 1 aliphatic rings. The highest BCUT2D eigenvalue weighted by Gasteiger charge is 2.22. The maximum absolute atomic E-state index is 5.51. The summed E-state index contributed by atoms with van der Waals surface area (Å²) in [6.45, 7) is 5.63. The summed E-state index contributed by atoms with van der Waals surface area (Å²) in [4.78, 5) is 0. The van der Waals surface area contributed by atoms with E-state index in [0.717, 1.165) is 24.3 Å². The van der Waals surface area contributed by atoms with Gasteiger partial charge in [-0.3, -0.25) is 0 Å². The van der Waals surface area contributed by atoms with Crippen LogP contribution in [0.15, 0.2) is 0 Å². The second-order valence-electron chi connectivity index (χ2n) is 5.31. The molecule has 1 aliphatic carbocycles. The maximum Gasteiger partial charge on any atom is -0.00773 e. The second-order valence-corrected chi connectivity index (χ2v) is 5.31. The first kappa shape index (κ1) is 12.0. The zero-order valence-corrected chi connectivity index (χ0v) is 9.97. The number of hydrogen-bond donors (Lipinski definition) is 1. The molecule has 2 N–H and O–H groups in total. The van der Waals surface area contributed by atoms with Crippen LogP contribution in [0.4, 0.5) is 0 Å². The van der Waals surface area contributed by atoms with Crippen LogP contribution in [0.3, 0.4) is 0 Å². The lowest BCUT2D eigenvalue weighted by molar-refractivity contribution is 0.214. The molecule has 1 fully saturated rings. The van der Waals surface area contributed by atoms with Crippen LogP contribution in [-0.2, 0) is 0 Å². The van der Waals surface area contributed by atoms with Crippen molar-refractivity contribution < 1.29 is 0 Å². The third-order valence-corrected chi connectivity index (χ3v) is 3.90. The fraction of sp³-hybridized carbons (Fsp3) is 1.00. The molecular formula is C13H27N. The highest BCUT2D eigenvalue weighted by atomic mass is 14.5. The van der Waals surface area contributed by atoms with Gasteiger partial charge in [-0.1, -0.05) is 39.5 Å². The molecule has 0 aliphatic heterocycles. The monoisotopic (exact) mass is 197 g/mol. The van der Waals surface area contributed by atoms with Crippen molar-refractivity contribution in [1.82, 2.24) is 0 Å². The lowest BCUT2D eigenvalue weighted by Gasteiger charge is -2.30. The molecule has 0 radical (unpaired) electrons. The van der Waals surface area contributed by atoms with E-state index in [1.54, 1.807) is 0 Å². The van der Waals surface area contributed by atoms with Crippen molar-refractivity contribution >= 4 is 0 Å². The van der Waals surface area contributed by atoms with E-state index in [1.165, 1.54) is 44.9 Å². The summed E-state index contributed by atoms with van der Waals surface area (Å²) in [5.41, 5.74) is 5.51. The average molecular weight is 197 g/mol. The van der Waals surface area contributed by atoms with Gasteiger partial charge < -0.3 is 5.73 Å². The third kappa shape index (κ3) is 4.00. The summed E-state index contributed by atoms with van der Waals surface area (Å²) in [6, 6.07) is 0. The van der Waals surface area contributed by atoms with Crippen molar-refractivity contribution in [3.05, 3.63) is 0 Å². The van der Waals surface area contributed by atoms with Gasteiger partial charge in [0.1, 0.15) is 0 Å². The molecule has 14 heavy (non-hydrogen) atoms. The predicted molar refractivity (Wildman–Crippen MR) is 63.2 cm³/mol. The topological polar surface area (TPSA) is 26.0 Å². The quantitative estimate of drug-likeness (QED) is 0.670. The molecule has 0 unspecified atom stereocenters. The predicted octanol–water partition coefficient (Wildman–Crippen LogP) is 3.58. The summed E-state index contributed by atoms with van der Waals surface area (Å²) in [5.74, 6) is 2.94. The number of nitrogens with two attached hydrogens (primary N) is 1. The minimum absolute atomic E-state index is 0.876. The van der Waals surface area contributed by atoms with Crippen molar-refractivity contribution in [3.63, 3.8) is 0 Å². The molecule has 0 heterocycles. The number of rotatable bonds is 5. The van der Waals surface area contributed by atoms with E-state index < -0.39 is 0 Å². The van der Waals surface area contributed by atoms with Crippen LogP contribution >= 0.6 is 0 Å². The van der Waals surface area contributed by atoms with Gasteiger partial charge in [0.2, 0.25) is 0 Å². The molecule has 1 heteroatoms. The normalized spacial score (nSPS) is 28.3. The average Bonchev–Trinajstić information content (AvgIpc) is 2.19. The van der Waals surface area contributed by atoms with Gasteiger partial charge in [0.25, 0.3) is 0 Å². The Morgan fingerprint density at radius 2 is 1.71 bits per heavy atom. The van der Waals surface area contributed by atoms with Crippen LogP contribution in [0.25, 0.3) is 0 Å². The van der Waals surface area contributed by atoms with Crippen molar-refractivity contribution in [3.8, 4) is 0 Å². The van der Waals surface area contributed by atoms with E-state index in [-0.39, 0.29) is 0 Å². The van der Waals surface area contributed by atoms with E-state index >= 15 is 0 Å². The van der Waals surface area contributed by atoms with Gasteiger partial charge in [0.05, 0.1) is 0 Å². The molecule has 0 aromatic carbocycles. The number of hydrogen-bond acceptors (Lipinski definition) is 1. The van der Waals surface area contributed by atoms with E-state index in [4.69, 9.17) is 5.73 Å². The first-order chi connectivity index (χ1) is 6.74. The molecule has 1 nitrogen and oxygen atoms in total. The Labute approximate surface area is 89.5 Å². The minimum Gasteiger partial charge on any atom is -0.330 e. The van der Waals surface area contributed by atoms with Crippen LogP contribution in [-0.4, -0.2) is 6.54 Å². The van der Waals surface area contributed by atoms with Gasteiger partial charge >= 0.3 is 0 Å². The molecule has 1 rings (SSSR count). The summed E-state index contributed by atoms with van der Waals surface area (Å²) < 4.78 is 0. The second kappa shape index (κ2) is 6.44. The van der Waals surface area contributed by atoms with E-state index in [1.807, 2.05) is 0 Å². The lowest BCUT2D eigenvalue weighted by atomic mass is 9.75. The first-order valence-corrected chi connectivity index (χ1v) is 6.44. The van der Waals surface area contributed by atoms with Crippen molar-refractivity contribution in [2.75, 3.05) is 6.54 Å². The Morgan fingerprint density at radius 3 is 2.21 bits per heavy atom. The van der Waals surface area contributed by atoms with Crippen LogP contribution in [0.1, 0.15) is 58.8 Å². The third-order valence-electron chi connectivity index (χ3n) is 3.90. The maximum atomic E-state index is 5.51. The summed E-state index contributed by atoms with van der Waals surface area (Å²) in [6.07, 6.45) is 9.93. The van der Waals surface area contributed by atoms with Gasteiger partial charge in [-0.2, -0.15) is 0 Å². The van der Waals surface area contributed by atoms with Gasteiger partial charge in [0, 0.05) is 0 Å². The Hall–Kier alpha value is -0.0400. The molecule has 0 amide bonds. The fourth-order valence-corrected chi connectivity index (χ4v) is 2.72. The summed E-state index contributed by atoms with van der Waals surface area (Å²) >= 11 is 0. The standard InChI is InChI=1S/C13H27N/c1-11(2)13-8-6-12(7-9-13)5-3-4-10-14/h11-13H,3-10,14H2,1-2H3. The van der Waals surface area contributed by atoms with E-state index in [2.05, 4.69) is 13.8 Å². The lowest BCUT2D eigenvalue weighted by Crippen LogP contribution is -2.18. The zero-order chi connectivity index (χ0) is 10.4. The largest absolute Gasteiger partial charge is 0.330 e. The SMILES string of the molecule is CC(C)C1CCC(CCCCN)CC1. The highest BCUT2D eigenvalue weighted by Crippen LogP contribution is 2.35. The van der Waals surface area contributed by atoms with Crippen molar-refractivity contribution in [2.45, 2.75) is 58.8 Å². The Morgan fingerprint density at radius 1 is 1.07 bits per heavy atom. The van der Waals surface area contributed by atoms with E-state index in [0.29, 0.717) is 0 Å². The van der Waals surface area contributed by atoms with Crippen molar-refractivity contribution in [1.29, 1.82) is 0 Å². The molecular weight excluding hydrogens is 170 g/mol. The first-order valence-electron chi connectivity index (χ1n) is 6.44. The molecule has 0 aromatic rings. The summed E-state index contributed by atoms with van der Waals surface area (Å²) in [5, 5.41) is 0. The van der Waals surface area contributed by atoms with Gasteiger partial charge in [-0.15, -0.1) is 0 Å². The molecule has 0 aromatic heterocycles. The van der Waals surface area contributed by atoms with Gasteiger partial charge in [0.15, 0.2) is 0 Å². The fourth-order valence-electron chi connectivity index (χ4n) is 2.72. The highest BCUT2D eigenvalue weighted by molar-refractivity contribution is 4.74.